The Kier molecular flexibility index (Phi) is 5.97. The van der Waals surface area contributed by atoms with Crippen LogP contribution in [0.4, 0.5) is 0 Å². The zero-order chi connectivity index (χ0) is 12.8. The first-order valence-electron chi connectivity index (χ1n) is 8.17. The molecule has 0 amide bonds. The normalized spacial score (nSPS) is 34.7. The van der Waals surface area contributed by atoms with E-state index in [2.05, 4.69) is 24.2 Å². The largest absolute Gasteiger partial charge is 0.316 e. The van der Waals surface area contributed by atoms with E-state index in [1.807, 2.05) is 0 Å². The van der Waals surface area contributed by atoms with Gasteiger partial charge in [0.2, 0.25) is 0 Å². The van der Waals surface area contributed by atoms with Gasteiger partial charge < -0.3 is 10.2 Å². The summed E-state index contributed by atoms with van der Waals surface area (Å²) in [5.74, 6) is 2.90. The molecule has 1 aliphatic carbocycles. The highest BCUT2D eigenvalue weighted by Gasteiger charge is 2.21. The average Bonchev–Trinajstić information content (AvgIpc) is 2.40. The number of likely N-dealkylation sites (tertiary alicyclic amines) is 1. The second-order valence-electron chi connectivity index (χ2n) is 6.72. The molecule has 1 atom stereocenters. The number of piperidine rings is 1. The van der Waals surface area contributed by atoms with Gasteiger partial charge in [-0.05, 0) is 70.1 Å². The summed E-state index contributed by atoms with van der Waals surface area (Å²) in [6, 6.07) is 0. The van der Waals surface area contributed by atoms with Crippen molar-refractivity contribution in [3.63, 3.8) is 0 Å². The van der Waals surface area contributed by atoms with Crippen molar-refractivity contribution < 1.29 is 0 Å². The Labute approximate surface area is 114 Å². The molecule has 1 unspecified atom stereocenters. The van der Waals surface area contributed by atoms with Crippen LogP contribution in [0.3, 0.4) is 0 Å². The van der Waals surface area contributed by atoms with Crippen LogP contribution in [0, 0.1) is 17.8 Å². The zero-order valence-electron chi connectivity index (χ0n) is 12.5. The molecule has 2 fully saturated rings. The monoisotopic (exact) mass is 252 g/mol. The third kappa shape index (κ3) is 4.55. The van der Waals surface area contributed by atoms with E-state index < -0.39 is 0 Å². The van der Waals surface area contributed by atoms with Crippen LogP contribution in [0.15, 0.2) is 0 Å². The summed E-state index contributed by atoms with van der Waals surface area (Å²) < 4.78 is 0. The Morgan fingerprint density at radius 3 is 2.28 bits per heavy atom. The lowest BCUT2D eigenvalue weighted by molar-refractivity contribution is 0.200. The average molecular weight is 252 g/mol. The number of nitrogens with one attached hydrogen (secondary N) is 1. The highest BCUT2D eigenvalue weighted by molar-refractivity contribution is 4.76. The molecule has 18 heavy (non-hydrogen) atoms. The highest BCUT2D eigenvalue weighted by Crippen LogP contribution is 2.30. The van der Waals surface area contributed by atoms with Crippen molar-refractivity contribution in [2.75, 3.05) is 33.2 Å². The van der Waals surface area contributed by atoms with Crippen molar-refractivity contribution in [1.82, 2.24) is 10.2 Å². The molecule has 1 heterocycles. The van der Waals surface area contributed by atoms with Gasteiger partial charge >= 0.3 is 0 Å². The van der Waals surface area contributed by atoms with Crippen molar-refractivity contribution in [2.45, 2.75) is 51.9 Å². The summed E-state index contributed by atoms with van der Waals surface area (Å²) in [4.78, 5) is 2.49. The first-order valence-corrected chi connectivity index (χ1v) is 8.17. The van der Waals surface area contributed by atoms with Gasteiger partial charge in [-0.15, -0.1) is 0 Å². The molecule has 2 heteroatoms. The van der Waals surface area contributed by atoms with Crippen LogP contribution < -0.4 is 5.32 Å². The molecular formula is C16H32N2. The summed E-state index contributed by atoms with van der Waals surface area (Å²) >= 11 is 0. The first kappa shape index (κ1) is 14.3. The molecule has 0 bridgehead atoms. The number of hydrogen-bond donors (Lipinski definition) is 1. The predicted octanol–water partition coefficient (Wildman–Crippen LogP) is 3.13. The second-order valence-corrected chi connectivity index (χ2v) is 6.72. The van der Waals surface area contributed by atoms with Crippen molar-refractivity contribution in [2.24, 2.45) is 17.8 Å². The maximum atomic E-state index is 3.75. The van der Waals surface area contributed by atoms with Gasteiger partial charge in [-0.1, -0.05) is 26.2 Å². The smallest absolute Gasteiger partial charge is 0.00187 e. The Morgan fingerprint density at radius 2 is 1.61 bits per heavy atom. The minimum absolute atomic E-state index is 0.899. The molecule has 0 aromatic heterocycles. The van der Waals surface area contributed by atoms with E-state index in [1.165, 1.54) is 71.1 Å². The molecule has 0 radical (unpaired) electrons. The molecule has 1 saturated carbocycles. The van der Waals surface area contributed by atoms with Gasteiger partial charge in [-0.2, -0.15) is 0 Å². The molecule has 1 N–H and O–H groups in total. The van der Waals surface area contributed by atoms with Crippen molar-refractivity contribution in [1.29, 1.82) is 0 Å². The third-order valence-electron chi connectivity index (χ3n) is 5.13. The minimum Gasteiger partial charge on any atom is -0.316 e. The lowest BCUT2D eigenvalue weighted by Crippen LogP contribution is -2.38. The van der Waals surface area contributed by atoms with Crippen molar-refractivity contribution in [3.8, 4) is 0 Å². The van der Waals surface area contributed by atoms with Gasteiger partial charge in [0.25, 0.3) is 0 Å². The molecule has 0 spiro atoms. The summed E-state index contributed by atoms with van der Waals surface area (Å²) in [5.41, 5.74) is 0. The molecule has 2 rings (SSSR count). The van der Waals surface area contributed by atoms with Crippen LogP contribution in [-0.2, 0) is 0 Å². The Bertz CT molecular complexity index is 221. The van der Waals surface area contributed by atoms with Crippen LogP contribution in [0.5, 0.6) is 0 Å². The van der Waals surface area contributed by atoms with E-state index in [-0.39, 0.29) is 0 Å². The minimum atomic E-state index is 0.899. The highest BCUT2D eigenvalue weighted by atomic mass is 15.1. The van der Waals surface area contributed by atoms with E-state index in [0.717, 1.165) is 17.8 Å². The fraction of sp³-hybridized carbons (Fsp3) is 1.00. The molecule has 2 aliphatic rings. The topological polar surface area (TPSA) is 15.3 Å². The molecule has 0 aromatic carbocycles. The van der Waals surface area contributed by atoms with Gasteiger partial charge in [0.15, 0.2) is 0 Å². The summed E-state index contributed by atoms with van der Waals surface area (Å²) in [6.07, 6.45) is 10.1. The SMILES string of the molecule is CCC1CCC(CNCC2CCCN(C)C2)CC1. The fourth-order valence-electron chi connectivity index (χ4n) is 3.78. The van der Waals surface area contributed by atoms with E-state index in [4.69, 9.17) is 0 Å². The molecule has 0 aromatic rings. The van der Waals surface area contributed by atoms with Crippen LogP contribution in [0.25, 0.3) is 0 Å². The standard InChI is InChI=1S/C16H32N2/c1-3-14-6-8-15(9-7-14)11-17-12-16-5-4-10-18(2)13-16/h14-17H,3-13H2,1-2H3. The summed E-state index contributed by atoms with van der Waals surface area (Å²) in [6.45, 7) is 7.48. The molecule has 1 aliphatic heterocycles. The Balaban J connectivity index is 1.55. The van der Waals surface area contributed by atoms with E-state index in [0.29, 0.717) is 0 Å². The quantitative estimate of drug-likeness (QED) is 0.808. The van der Waals surface area contributed by atoms with Crippen LogP contribution in [0.2, 0.25) is 0 Å². The summed E-state index contributed by atoms with van der Waals surface area (Å²) in [5, 5.41) is 3.75. The molecule has 2 nitrogen and oxygen atoms in total. The van der Waals surface area contributed by atoms with E-state index in [1.54, 1.807) is 0 Å². The third-order valence-corrected chi connectivity index (χ3v) is 5.13. The Hall–Kier alpha value is -0.0800. The fourth-order valence-corrected chi connectivity index (χ4v) is 3.78. The summed E-state index contributed by atoms with van der Waals surface area (Å²) in [7, 11) is 2.26. The van der Waals surface area contributed by atoms with Gasteiger partial charge in [-0.25, -0.2) is 0 Å². The maximum absolute atomic E-state index is 3.75. The zero-order valence-corrected chi connectivity index (χ0v) is 12.5. The lowest BCUT2D eigenvalue weighted by atomic mass is 9.81. The van der Waals surface area contributed by atoms with Crippen LogP contribution in [0.1, 0.15) is 51.9 Å². The lowest BCUT2D eigenvalue weighted by Gasteiger charge is -2.31. The number of rotatable bonds is 5. The Morgan fingerprint density at radius 1 is 0.944 bits per heavy atom. The number of nitrogens with zero attached hydrogens (tertiary/aromatic N) is 1. The van der Waals surface area contributed by atoms with E-state index >= 15 is 0 Å². The first-order chi connectivity index (χ1) is 8.78. The predicted molar refractivity (Wildman–Crippen MR) is 78.8 cm³/mol. The van der Waals surface area contributed by atoms with Crippen molar-refractivity contribution >= 4 is 0 Å². The molecule has 106 valence electrons. The molecular weight excluding hydrogens is 220 g/mol. The second kappa shape index (κ2) is 7.49. The maximum Gasteiger partial charge on any atom is 0.00187 e. The van der Waals surface area contributed by atoms with Gasteiger partial charge in [0, 0.05) is 6.54 Å². The van der Waals surface area contributed by atoms with Gasteiger partial charge in [0.1, 0.15) is 0 Å². The van der Waals surface area contributed by atoms with Gasteiger partial charge in [-0.3, -0.25) is 0 Å². The molecule has 1 saturated heterocycles. The van der Waals surface area contributed by atoms with E-state index in [9.17, 15) is 0 Å². The number of hydrogen-bond acceptors (Lipinski definition) is 2. The van der Waals surface area contributed by atoms with Gasteiger partial charge in [0.05, 0.1) is 0 Å². The van der Waals surface area contributed by atoms with Crippen LogP contribution in [-0.4, -0.2) is 38.1 Å². The van der Waals surface area contributed by atoms with Crippen LogP contribution >= 0.6 is 0 Å². The van der Waals surface area contributed by atoms with Crippen molar-refractivity contribution in [3.05, 3.63) is 0 Å².